The molecular weight excluding hydrogens is 369 g/mol. The topological polar surface area (TPSA) is 68.1 Å². The molecule has 0 N–H and O–H groups in total. The summed E-state index contributed by atoms with van der Waals surface area (Å²) in [6.45, 7) is 4.93. The minimum absolute atomic E-state index is 0.0416. The number of hydrogen-bond donors (Lipinski definition) is 0. The van der Waals surface area contributed by atoms with E-state index in [4.69, 9.17) is 0 Å². The van der Waals surface area contributed by atoms with Crippen LogP contribution in [0.4, 0.5) is 13.2 Å². The van der Waals surface area contributed by atoms with E-state index in [1.54, 1.807) is 37.3 Å². The fourth-order valence-electron chi connectivity index (χ4n) is 3.05. The number of sulfonamides is 1. The summed E-state index contributed by atoms with van der Waals surface area (Å²) in [5.41, 5.74) is 0.972. The van der Waals surface area contributed by atoms with Crippen LogP contribution >= 0.6 is 0 Å². The Balaban J connectivity index is 2.15. The molecule has 0 aliphatic carbocycles. The molecule has 26 heavy (non-hydrogen) atoms. The van der Waals surface area contributed by atoms with Crippen LogP contribution in [-0.4, -0.2) is 39.8 Å². The van der Waals surface area contributed by atoms with Gasteiger partial charge in [-0.2, -0.15) is 17.5 Å². The number of halogens is 3. The quantitative estimate of drug-likeness (QED) is 0.758. The van der Waals surface area contributed by atoms with Gasteiger partial charge in [0.05, 0.1) is 5.75 Å². The molecule has 1 atom stereocenters. The Hall–Kier alpha value is -2.20. The first-order chi connectivity index (χ1) is 12.1. The Bertz CT molecular complexity index is 923. The number of rotatable bonds is 4. The second kappa shape index (κ2) is 6.51. The lowest BCUT2D eigenvalue weighted by Crippen LogP contribution is -2.44. The van der Waals surface area contributed by atoms with Crippen molar-refractivity contribution in [3.63, 3.8) is 0 Å². The van der Waals surface area contributed by atoms with Crippen LogP contribution in [0.25, 0.3) is 0 Å². The summed E-state index contributed by atoms with van der Waals surface area (Å²) in [7, 11) is -3.78. The maximum absolute atomic E-state index is 13.2. The highest BCUT2D eigenvalue weighted by molar-refractivity contribution is 7.89. The van der Waals surface area contributed by atoms with E-state index in [2.05, 4.69) is 16.8 Å². The predicted octanol–water partition coefficient (Wildman–Crippen LogP) is 2.61. The number of nitrogens with zero attached hydrogens (tertiary/aromatic N) is 4. The van der Waals surface area contributed by atoms with Gasteiger partial charge in [-0.1, -0.05) is 42.5 Å². The first-order valence-electron chi connectivity index (χ1n) is 7.80. The molecule has 1 aliphatic rings. The van der Waals surface area contributed by atoms with Gasteiger partial charge in [0, 0.05) is 13.1 Å². The molecule has 0 radical (unpaired) electrons. The van der Waals surface area contributed by atoms with Gasteiger partial charge in [0.2, 0.25) is 15.8 Å². The van der Waals surface area contributed by atoms with Crippen molar-refractivity contribution in [2.24, 2.45) is 0 Å². The summed E-state index contributed by atoms with van der Waals surface area (Å²) < 4.78 is 67.2. The number of alkyl halides is 3. The molecule has 1 aliphatic heterocycles. The van der Waals surface area contributed by atoms with Crippen LogP contribution in [0.2, 0.25) is 0 Å². The van der Waals surface area contributed by atoms with E-state index >= 15 is 0 Å². The normalized spacial score (nSPS) is 18.5. The maximum atomic E-state index is 13.2. The summed E-state index contributed by atoms with van der Waals surface area (Å²) in [6.07, 6.45) is -4.66. The van der Waals surface area contributed by atoms with Crippen LogP contribution in [0.5, 0.6) is 0 Å². The van der Waals surface area contributed by atoms with Crippen LogP contribution in [0.15, 0.2) is 42.5 Å². The Morgan fingerprint density at radius 3 is 2.46 bits per heavy atom. The molecule has 6 nitrogen and oxygen atoms in total. The van der Waals surface area contributed by atoms with Crippen molar-refractivity contribution in [1.82, 2.24) is 19.1 Å². The van der Waals surface area contributed by atoms with Gasteiger partial charge in [0.15, 0.2) is 5.82 Å². The van der Waals surface area contributed by atoms with Gasteiger partial charge in [0.25, 0.3) is 0 Å². The molecule has 140 valence electrons. The van der Waals surface area contributed by atoms with Crippen molar-refractivity contribution < 1.29 is 21.6 Å². The third-order valence-corrected chi connectivity index (χ3v) is 5.98. The monoisotopic (exact) mass is 386 g/mol. The fourth-order valence-corrected chi connectivity index (χ4v) is 4.73. The van der Waals surface area contributed by atoms with E-state index in [0.29, 0.717) is 11.1 Å². The molecular formula is C16H17F3N4O2S. The largest absolute Gasteiger partial charge is 0.451 e. The average molecular weight is 386 g/mol. The zero-order valence-electron chi connectivity index (χ0n) is 13.9. The van der Waals surface area contributed by atoms with Crippen LogP contribution < -0.4 is 0 Å². The van der Waals surface area contributed by atoms with Crippen molar-refractivity contribution in [2.75, 3.05) is 12.3 Å². The smallest absolute Gasteiger partial charge is 0.304 e. The molecule has 0 bridgehead atoms. The summed E-state index contributed by atoms with van der Waals surface area (Å²) in [5.74, 6) is -1.44. The minimum Gasteiger partial charge on any atom is -0.304 e. The molecule has 1 aromatic heterocycles. The molecule has 2 heterocycles. The zero-order valence-corrected chi connectivity index (χ0v) is 14.8. The van der Waals surface area contributed by atoms with Gasteiger partial charge in [-0.3, -0.25) is 0 Å². The van der Waals surface area contributed by atoms with Crippen molar-refractivity contribution >= 4 is 10.0 Å². The van der Waals surface area contributed by atoms with Crippen LogP contribution in [0.1, 0.15) is 30.2 Å². The molecule has 0 saturated heterocycles. The summed E-state index contributed by atoms with van der Waals surface area (Å²) in [5, 5.41) is 6.96. The van der Waals surface area contributed by atoms with Gasteiger partial charge >= 0.3 is 6.18 Å². The average Bonchev–Trinajstić information content (AvgIpc) is 2.97. The lowest BCUT2D eigenvalue weighted by molar-refractivity contribution is -0.147. The van der Waals surface area contributed by atoms with Crippen LogP contribution in [0, 0.1) is 0 Å². The van der Waals surface area contributed by atoms with E-state index in [1.165, 1.54) is 4.31 Å². The molecule has 0 saturated carbocycles. The third kappa shape index (κ3) is 3.38. The summed E-state index contributed by atoms with van der Waals surface area (Å²) in [4.78, 5) is 0. The molecule has 2 aromatic rings. The number of fused-ring (bicyclic) bond motifs is 1. The Labute approximate surface area is 149 Å². The zero-order chi connectivity index (χ0) is 19.1. The van der Waals surface area contributed by atoms with Crippen molar-refractivity contribution in [3.05, 3.63) is 59.7 Å². The molecule has 3 rings (SSSR count). The van der Waals surface area contributed by atoms with Crippen LogP contribution in [-0.2, 0) is 22.7 Å². The number of aromatic nitrogens is 3. The molecule has 0 amide bonds. The van der Waals surface area contributed by atoms with E-state index in [9.17, 15) is 21.6 Å². The molecule has 0 fully saturated rings. The first kappa shape index (κ1) is 18.6. The summed E-state index contributed by atoms with van der Waals surface area (Å²) >= 11 is 0. The van der Waals surface area contributed by atoms with Crippen molar-refractivity contribution in [2.45, 2.75) is 25.7 Å². The lowest BCUT2D eigenvalue weighted by Gasteiger charge is -2.35. The van der Waals surface area contributed by atoms with Gasteiger partial charge in [-0.25, -0.2) is 8.42 Å². The third-order valence-electron chi connectivity index (χ3n) is 4.01. The molecule has 10 heteroatoms. The Kier molecular flexibility index (Phi) is 4.65. The fraction of sp³-hybridized carbons (Fsp3) is 0.375. The van der Waals surface area contributed by atoms with Crippen LogP contribution in [0.3, 0.4) is 0 Å². The van der Waals surface area contributed by atoms with Crippen molar-refractivity contribution in [3.8, 4) is 0 Å². The maximum Gasteiger partial charge on any atom is 0.451 e. The van der Waals surface area contributed by atoms with Gasteiger partial charge < -0.3 is 4.57 Å². The van der Waals surface area contributed by atoms with E-state index in [-0.39, 0.29) is 24.7 Å². The molecule has 1 aromatic carbocycles. The molecule has 0 spiro atoms. The minimum atomic E-state index is -4.66. The standard InChI is InChI=1S/C16H17F3N4O2S/c1-11(2)10-26(24,25)23-9-8-22-14(20-21-15(22)16(17,18)19)13(23)12-6-4-3-5-7-12/h3-7,13H,1,8-10H2,2H3. The highest BCUT2D eigenvalue weighted by Crippen LogP contribution is 2.37. The van der Waals surface area contributed by atoms with Crippen molar-refractivity contribution in [1.29, 1.82) is 0 Å². The van der Waals surface area contributed by atoms with Gasteiger partial charge in [-0.05, 0) is 12.5 Å². The Morgan fingerprint density at radius 2 is 1.88 bits per heavy atom. The second-order valence-electron chi connectivity index (χ2n) is 6.17. The van der Waals surface area contributed by atoms with Gasteiger partial charge in [0.1, 0.15) is 6.04 Å². The van der Waals surface area contributed by atoms with E-state index < -0.39 is 28.1 Å². The Morgan fingerprint density at radius 1 is 1.23 bits per heavy atom. The highest BCUT2D eigenvalue weighted by atomic mass is 32.2. The SMILES string of the molecule is C=C(C)CS(=O)(=O)N1CCn2c(nnc2C(F)(F)F)C1c1ccccc1. The summed E-state index contributed by atoms with van der Waals surface area (Å²) in [6, 6.07) is 7.47. The van der Waals surface area contributed by atoms with E-state index in [1.807, 2.05) is 0 Å². The van der Waals surface area contributed by atoms with E-state index in [0.717, 1.165) is 4.57 Å². The molecule has 1 unspecified atom stereocenters. The first-order valence-corrected chi connectivity index (χ1v) is 9.41. The number of hydrogen-bond acceptors (Lipinski definition) is 4. The number of benzene rings is 1. The lowest BCUT2D eigenvalue weighted by atomic mass is 10.0. The second-order valence-corrected chi connectivity index (χ2v) is 8.09. The highest BCUT2D eigenvalue weighted by Gasteiger charge is 2.44. The predicted molar refractivity (Wildman–Crippen MR) is 88.6 cm³/mol. The van der Waals surface area contributed by atoms with Gasteiger partial charge in [-0.15, -0.1) is 10.2 Å².